The standard InChI is InChI=1S/C16H24OSi2/c1-6-19(7-2)16-11-9-8-10-14(16)15(17-19)12-13-18(3,4)5/h8-11,15H,6-7H2,1-5H3/t15-/m1/s1. The Balaban J connectivity index is 2.43. The van der Waals surface area contributed by atoms with Gasteiger partial charge in [-0.2, -0.15) is 0 Å². The highest BCUT2D eigenvalue weighted by Gasteiger charge is 2.44. The summed E-state index contributed by atoms with van der Waals surface area (Å²) in [6, 6.07) is 11.0. The lowest BCUT2D eigenvalue weighted by Crippen LogP contribution is -2.45. The lowest BCUT2D eigenvalue weighted by atomic mass is 10.1. The van der Waals surface area contributed by atoms with Crippen LogP contribution in [0.3, 0.4) is 0 Å². The van der Waals surface area contributed by atoms with Gasteiger partial charge in [-0.05, 0) is 22.8 Å². The minimum absolute atomic E-state index is 0.0227. The Kier molecular flexibility index (Phi) is 4.05. The fourth-order valence-electron chi connectivity index (χ4n) is 2.68. The first kappa shape index (κ1) is 14.6. The van der Waals surface area contributed by atoms with Crippen molar-refractivity contribution in [1.82, 2.24) is 0 Å². The van der Waals surface area contributed by atoms with E-state index >= 15 is 0 Å². The molecule has 102 valence electrons. The molecule has 0 saturated heterocycles. The van der Waals surface area contributed by atoms with Crippen LogP contribution in [0.1, 0.15) is 25.5 Å². The van der Waals surface area contributed by atoms with Gasteiger partial charge in [0.15, 0.2) is 0 Å². The van der Waals surface area contributed by atoms with Crippen molar-refractivity contribution in [2.24, 2.45) is 0 Å². The molecule has 1 aliphatic rings. The fourth-order valence-corrected chi connectivity index (χ4v) is 6.74. The molecule has 1 aromatic carbocycles. The summed E-state index contributed by atoms with van der Waals surface area (Å²) in [6.45, 7) is 11.4. The predicted molar refractivity (Wildman–Crippen MR) is 87.7 cm³/mol. The van der Waals surface area contributed by atoms with E-state index in [9.17, 15) is 0 Å². The van der Waals surface area contributed by atoms with Crippen LogP contribution in [0.15, 0.2) is 24.3 Å². The highest BCUT2D eigenvalue weighted by molar-refractivity contribution is 6.87. The van der Waals surface area contributed by atoms with Gasteiger partial charge in [-0.15, -0.1) is 5.54 Å². The Morgan fingerprint density at radius 3 is 2.37 bits per heavy atom. The third-order valence-corrected chi connectivity index (χ3v) is 9.10. The zero-order valence-electron chi connectivity index (χ0n) is 12.7. The first-order chi connectivity index (χ1) is 8.92. The number of rotatable bonds is 2. The van der Waals surface area contributed by atoms with E-state index in [1.165, 1.54) is 10.8 Å². The summed E-state index contributed by atoms with van der Waals surface area (Å²) in [5, 5.41) is 1.48. The van der Waals surface area contributed by atoms with Crippen LogP contribution in [-0.4, -0.2) is 16.4 Å². The Bertz CT molecular complexity index is 516. The van der Waals surface area contributed by atoms with Gasteiger partial charge in [-0.3, -0.25) is 0 Å². The molecule has 0 spiro atoms. The summed E-state index contributed by atoms with van der Waals surface area (Å²) >= 11 is 0. The zero-order chi connectivity index (χ0) is 14.1. The Morgan fingerprint density at radius 2 is 1.79 bits per heavy atom. The minimum atomic E-state index is -1.75. The maximum atomic E-state index is 6.50. The van der Waals surface area contributed by atoms with Crippen LogP contribution in [0.5, 0.6) is 0 Å². The summed E-state index contributed by atoms with van der Waals surface area (Å²) in [4.78, 5) is 0. The van der Waals surface area contributed by atoms with Gasteiger partial charge in [0.1, 0.15) is 14.2 Å². The van der Waals surface area contributed by atoms with Crippen molar-refractivity contribution in [2.75, 3.05) is 0 Å². The molecule has 0 amide bonds. The van der Waals surface area contributed by atoms with Gasteiger partial charge in [0.2, 0.25) is 8.32 Å². The van der Waals surface area contributed by atoms with Crippen LogP contribution in [0.2, 0.25) is 31.7 Å². The first-order valence-corrected chi connectivity index (χ1v) is 13.0. The maximum Gasteiger partial charge on any atom is 0.226 e. The third kappa shape index (κ3) is 2.86. The smallest absolute Gasteiger partial charge is 0.226 e. The van der Waals surface area contributed by atoms with E-state index in [4.69, 9.17) is 4.43 Å². The normalized spacial score (nSPS) is 20.6. The highest BCUT2D eigenvalue weighted by Crippen LogP contribution is 2.34. The molecule has 1 aromatic rings. The lowest BCUT2D eigenvalue weighted by molar-refractivity contribution is 0.271. The molecule has 1 heterocycles. The second kappa shape index (κ2) is 5.28. The molecule has 0 bridgehead atoms. The van der Waals surface area contributed by atoms with Gasteiger partial charge >= 0.3 is 0 Å². The summed E-state index contributed by atoms with van der Waals surface area (Å²) in [7, 11) is -3.09. The molecule has 1 atom stereocenters. The largest absolute Gasteiger partial charge is 0.395 e. The maximum absolute atomic E-state index is 6.50. The van der Waals surface area contributed by atoms with Crippen LogP contribution in [0.4, 0.5) is 0 Å². The molecule has 0 radical (unpaired) electrons. The summed E-state index contributed by atoms with van der Waals surface area (Å²) in [5.74, 6) is 3.43. The Morgan fingerprint density at radius 1 is 1.16 bits per heavy atom. The fraction of sp³-hybridized carbons (Fsp3) is 0.500. The molecule has 0 aliphatic carbocycles. The topological polar surface area (TPSA) is 9.23 Å². The molecular weight excluding hydrogens is 264 g/mol. The van der Waals surface area contributed by atoms with E-state index in [0.29, 0.717) is 0 Å². The molecular formula is C16H24OSi2. The summed E-state index contributed by atoms with van der Waals surface area (Å²) in [5.41, 5.74) is 4.81. The van der Waals surface area contributed by atoms with E-state index < -0.39 is 16.4 Å². The highest BCUT2D eigenvalue weighted by atomic mass is 28.4. The number of fused-ring (bicyclic) bond motifs is 1. The average Bonchev–Trinajstić information content (AvgIpc) is 2.71. The molecule has 0 N–H and O–H groups in total. The number of hydrogen-bond donors (Lipinski definition) is 0. The molecule has 2 rings (SSSR count). The van der Waals surface area contributed by atoms with Gasteiger partial charge in [0.25, 0.3) is 0 Å². The first-order valence-electron chi connectivity index (χ1n) is 7.22. The molecule has 1 nitrogen and oxygen atoms in total. The van der Waals surface area contributed by atoms with Crippen molar-refractivity contribution < 1.29 is 4.43 Å². The quantitative estimate of drug-likeness (QED) is 0.593. The lowest BCUT2D eigenvalue weighted by Gasteiger charge is -2.24. The Labute approximate surface area is 119 Å². The number of hydrogen-bond acceptors (Lipinski definition) is 1. The van der Waals surface area contributed by atoms with Crippen LogP contribution in [-0.2, 0) is 4.43 Å². The summed E-state index contributed by atoms with van der Waals surface area (Å²) in [6.07, 6.45) is 0.0227. The van der Waals surface area contributed by atoms with Crippen LogP contribution in [0.25, 0.3) is 0 Å². The van der Waals surface area contributed by atoms with Gasteiger partial charge in [-0.25, -0.2) is 0 Å². The monoisotopic (exact) mass is 288 g/mol. The summed E-state index contributed by atoms with van der Waals surface area (Å²) < 4.78 is 6.50. The van der Waals surface area contributed by atoms with E-state index in [1.54, 1.807) is 0 Å². The van der Waals surface area contributed by atoms with Gasteiger partial charge in [0.05, 0.1) is 0 Å². The second-order valence-electron chi connectivity index (χ2n) is 6.31. The third-order valence-electron chi connectivity index (χ3n) is 3.80. The van der Waals surface area contributed by atoms with Gasteiger partial charge in [0, 0.05) is 0 Å². The van der Waals surface area contributed by atoms with Crippen molar-refractivity contribution in [3.63, 3.8) is 0 Å². The van der Waals surface area contributed by atoms with E-state index in [2.05, 4.69) is 69.2 Å². The molecule has 0 unspecified atom stereocenters. The SMILES string of the molecule is CC[Si]1(CC)O[C@H](C#C[Si](C)(C)C)c2ccccc21. The average molecular weight is 289 g/mol. The second-order valence-corrected chi connectivity index (χ2v) is 15.2. The van der Waals surface area contributed by atoms with Crippen LogP contribution in [0, 0.1) is 11.5 Å². The van der Waals surface area contributed by atoms with Crippen molar-refractivity contribution in [2.45, 2.75) is 51.7 Å². The Hall–Kier alpha value is -0.826. The van der Waals surface area contributed by atoms with Crippen LogP contribution < -0.4 is 5.19 Å². The molecule has 1 aliphatic heterocycles. The molecule has 3 heteroatoms. The van der Waals surface area contributed by atoms with E-state index in [-0.39, 0.29) is 6.10 Å². The van der Waals surface area contributed by atoms with Gasteiger partial charge in [-0.1, -0.05) is 63.7 Å². The molecule has 19 heavy (non-hydrogen) atoms. The van der Waals surface area contributed by atoms with E-state index in [0.717, 1.165) is 12.1 Å². The molecule has 0 fully saturated rings. The minimum Gasteiger partial charge on any atom is -0.395 e. The van der Waals surface area contributed by atoms with Crippen molar-refractivity contribution >= 4 is 21.6 Å². The van der Waals surface area contributed by atoms with Crippen molar-refractivity contribution in [1.29, 1.82) is 0 Å². The van der Waals surface area contributed by atoms with Crippen LogP contribution >= 0.6 is 0 Å². The molecule has 0 saturated carbocycles. The predicted octanol–water partition coefficient (Wildman–Crippen LogP) is 3.83. The van der Waals surface area contributed by atoms with Crippen molar-refractivity contribution in [3.8, 4) is 11.5 Å². The number of benzene rings is 1. The zero-order valence-corrected chi connectivity index (χ0v) is 14.7. The van der Waals surface area contributed by atoms with E-state index in [1.807, 2.05) is 0 Å². The van der Waals surface area contributed by atoms with Crippen molar-refractivity contribution in [3.05, 3.63) is 29.8 Å². The molecule has 0 aromatic heterocycles. The van der Waals surface area contributed by atoms with Gasteiger partial charge < -0.3 is 4.43 Å².